The van der Waals surface area contributed by atoms with Crippen LogP contribution in [0.5, 0.6) is 5.75 Å². The molecular weight excluding hydrogens is 1860 g/mol. The topological polar surface area (TPSA) is 482 Å². The number of halogens is 3. The third-order valence-corrected chi connectivity index (χ3v) is 22.9. The second-order valence-corrected chi connectivity index (χ2v) is 31.4. The van der Waals surface area contributed by atoms with Crippen molar-refractivity contribution < 1.29 is 126 Å². The number of benzene rings is 1. The quantitative estimate of drug-likeness (QED) is 0.00804. The predicted octanol–water partition coefficient (Wildman–Crippen LogP) is 7.86. The first-order chi connectivity index (χ1) is 55.6. The summed E-state index contributed by atoms with van der Waals surface area (Å²) in [5.41, 5.74) is 7.75. The number of carbonyl (C=O) groups is 5. The van der Waals surface area contributed by atoms with E-state index < -0.39 is 37.2 Å². The van der Waals surface area contributed by atoms with Crippen LogP contribution in [0.1, 0.15) is 126 Å². The van der Waals surface area contributed by atoms with Crippen LogP contribution in [0.4, 0.5) is 0 Å². The van der Waals surface area contributed by atoms with E-state index in [1.807, 2.05) is 46.8 Å². The number of Topliss-reactive ketones (excluding diaryl/α,β-unsaturated/α-hetero) is 4. The Morgan fingerprint density at radius 3 is 1.46 bits per heavy atom. The van der Waals surface area contributed by atoms with Gasteiger partial charge in [-0.05, 0) is 118 Å². The number of nitrogens with zero attached hydrogens (tertiary/aromatic N) is 12. The molecule has 1 saturated heterocycles. The van der Waals surface area contributed by atoms with E-state index in [0.717, 1.165) is 107 Å². The minimum atomic E-state index is -0.978. The largest absolute Gasteiger partial charge is 1.00 e. The minimum Gasteiger partial charge on any atom is -0.857 e. The van der Waals surface area contributed by atoms with Crippen molar-refractivity contribution in [1.82, 2.24) is 69.9 Å². The van der Waals surface area contributed by atoms with E-state index in [4.69, 9.17) is 57.0 Å². The molecule has 0 atom stereocenters. The Labute approximate surface area is 754 Å². The normalized spacial score (nSPS) is 12.4. The molecule has 12 heterocycles. The molecule has 47 heteroatoms. The van der Waals surface area contributed by atoms with E-state index in [1.54, 1.807) is 119 Å². The standard InChI is InChI=1S/C15H21BO3.C10H12BrN3O2S.C9H10BrN3O2S.C9H11N3O2S.C9H11NO4S.C8H6BrN3OS.C5H5NOS.C5H10O3.CH3O.H4N2.Na.H2O/c1-14(2)15(3,4)19-16(18-14)12-7-8-13-11(10-12)6-5-9-17-13;1-14-8(10(15-2)16-3)6(11)7(13-14)9-12-4-5-17-9;1-14-9(15-2)7-5(10)6(12-13-7)8-11-3-4-16-8;1-13-9(14-2)7-5-6(11-12-7)8-10-3-4-15-8;1-13-9(14-2)7(12)5-6(11)8-10-3-4-15-8;1-12-5(4-13)6(9)7(11-12)8-10-2-3-14-8;1-4(7)5-6-2-3-8-5;1-4(6)5(7-2)8-3;2*1-2;;/h7-8,10H,5-6,9H2,1-4H3;4-5,10H,1-3H3;3-4,9H,1-2H3,(H,12,13);3-5,9H,1-2H3,(H,11,12);3-4,9H,5H2,1-2H3;2-4H,1H3;2-3H,1H3;5H,1-3H3;1H3;1-2H2;;1H2/q;;;;;;;;-1;;+1;. The maximum absolute atomic E-state index is 11.5. The summed E-state index contributed by atoms with van der Waals surface area (Å²) in [5, 5.41) is 46.3. The van der Waals surface area contributed by atoms with Crippen molar-refractivity contribution in [3.05, 3.63) is 145 Å². The van der Waals surface area contributed by atoms with Gasteiger partial charge in [-0.1, -0.05) is 12.1 Å². The average Bonchev–Trinajstić information content (AvgIpc) is 1.62. The number of rotatable bonds is 25. The van der Waals surface area contributed by atoms with E-state index in [2.05, 4.69) is 163 Å². The molecule has 0 radical (unpaired) electrons. The number of methoxy groups -OCH3 is 10. The summed E-state index contributed by atoms with van der Waals surface area (Å²) in [6.45, 7) is 12.1. The summed E-state index contributed by atoms with van der Waals surface area (Å²) in [7, 11) is 19.1. The molecule has 0 amide bonds. The second-order valence-electron chi connectivity index (χ2n) is 23.6. The number of hydrazine groups is 1. The van der Waals surface area contributed by atoms with Crippen LogP contribution in [0.3, 0.4) is 0 Å². The number of thiazole rings is 6. The molecule has 2 aliphatic rings. The van der Waals surface area contributed by atoms with Gasteiger partial charge < -0.3 is 72.0 Å². The van der Waals surface area contributed by atoms with Gasteiger partial charge in [-0.15, -0.1) is 68.0 Å². The molecule has 0 saturated carbocycles. The van der Waals surface area contributed by atoms with E-state index in [1.165, 1.54) is 104 Å². The number of H-pyrrole nitrogens is 2. The van der Waals surface area contributed by atoms with Crippen molar-refractivity contribution in [2.24, 2.45) is 25.8 Å². The molecule has 118 heavy (non-hydrogen) atoms. The first kappa shape index (κ1) is 108. The van der Waals surface area contributed by atoms with Crippen LogP contribution in [-0.4, -0.2) is 220 Å². The first-order valence-corrected chi connectivity index (χ1v) is 41.6. The number of ether oxygens (including phenoxy) is 11. The number of aryl methyl sites for hydroxylation is 3. The number of carbonyl (C=O) groups excluding carboxylic acids is 5. The van der Waals surface area contributed by atoms with E-state index >= 15 is 0 Å². The summed E-state index contributed by atoms with van der Waals surface area (Å²) in [6, 6.07) is 8.12. The van der Waals surface area contributed by atoms with Gasteiger partial charge in [0, 0.05) is 162 Å². The first-order valence-electron chi connectivity index (χ1n) is 33.9. The zero-order valence-electron chi connectivity index (χ0n) is 68.5. The second kappa shape index (κ2) is 56.5. The number of fused-ring (bicyclic) bond motifs is 1. The van der Waals surface area contributed by atoms with Gasteiger partial charge in [0.1, 0.15) is 65.6 Å². The summed E-state index contributed by atoms with van der Waals surface area (Å²) in [5.74, 6) is 8.22. The number of hydrogen-bond acceptors (Lipinski definition) is 37. The van der Waals surface area contributed by atoms with Crippen LogP contribution < -0.4 is 56.5 Å². The number of nitrogens with one attached hydrogen (secondary N) is 2. The van der Waals surface area contributed by atoms with Crippen LogP contribution in [-0.2, 0) is 86.8 Å². The Kier molecular flexibility index (Phi) is 51.7. The fourth-order valence-corrected chi connectivity index (χ4v) is 15.5. The van der Waals surface area contributed by atoms with Crippen LogP contribution >= 0.6 is 116 Å². The Morgan fingerprint density at radius 2 is 1.04 bits per heavy atom. The van der Waals surface area contributed by atoms with Crippen LogP contribution in [0.25, 0.3) is 42.8 Å². The van der Waals surface area contributed by atoms with Gasteiger partial charge in [0.2, 0.25) is 25.2 Å². The van der Waals surface area contributed by atoms with Gasteiger partial charge in [0.15, 0.2) is 45.7 Å². The molecule has 11 aromatic rings. The summed E-state index contributed by atoms with van der Waals surface area (Å²) < 4.78 is 73.1. The number of ketones is 4. The Hall–Kier alpha value is -6.15. The van der Waals surface area contributed by atoms with Crippen molar-refractivity contribution in [3.8, 4) is 48.6 Å². The van der Waals surface area contributed by atoms with Gasteiger partial charge in [-0.2, -0.15) is 27.5 Å². The van der Waals surface area contributed by atoms with Crippen LogP contribution in [0.15, 0.2) is 107 Å². The zero-order chi connectivity index (χ0) is 86.2. The van der Waals surface area contributed by atoms with Crippen molar-refractivity contribution in [1.29, 1.82) is 0 Å². The molecule has 0 aliphatic carbocycles. The molecule has 0 bridgehead atoms. The van der Waals surface area contributed by atoms with Gasteiger partial charge >= 0.3 is 36.7 Å². The molecule has 13 rings (SSSR count). The molecule has 36 nitrogen and oxygen atoms in total. The molecule has 1 aromatic carbocycles. The summed E-state index contributed by atoms with van der Waals surface area (Å²) in [6.07, 6.45) is 9.79. The predicted molar refractivity (Wildman–Crippen MR) is 455 cm³/mol. The maximum Gasteiger partial charge on any atom is 1.00 e. The molecule has 0 spiro atoms. The smallest absolute Gasteiger partial charge is 0.857 e. The van der Waals surface area contributed by atoms with Gasteiger partial charge in [-0.3, -0.25) is 55.2 Å². The SMILES string of the molecule is CC(=O)c1nccs1.CC1(C)OB(c2ccc3c(c2)CCCO3)OC1(C)C.COC(OC)C(=O)CC(=O)c1nccs1.COC(OC)C(C)=O.COC(OC)c1[nH]nc(-c2nccs2)c1Br.COC(OC)c1c(Br)c(-c2nccs2)nn1C.COC(OC)c1cc(-c2nccs2)n[nH]1.C[O-].Cn1nc(-c2nccs2)c(Br)c1C=O.NN.O.[Na+]. The summed E-state index contributed by atoms with van der Waals surface area (Å²) in [4.78, 5) is 78.8. The Balaban J connectivity index is 0.000000458. The van der Waals surface area contributed by atoms with E-state index in [9.17, 15) is 24.0 Å². The van der Waals surface area contributed by atoms with Crippen LogP contribution in [0.2, 0.25) is 0 Å². The molecule has 0 unspecified atom stereocenters. The molecule has 10 aromatic heterocycles. The van der Waals surface area contributed by atoms with Crippen molar-refractivity contribution >= 4 is 158 Å². The monoisotopic (exact) mass is 1950 g/mol. The molecular formula is C71H95BBr3N16NaO20S6. The van der Waals surface area contributed by atoms with Crippen molar-refractivity contribution in [3.63, 3.8) is 0 Å². The van der Waals surface area contributed by atoms with E-state index in [-0.39, 0.29) is 77.1 Å². The Bertz CT molecular complexity index is 4590. The van der Waals surface area contributed by atoms with Gasteiger partial charge in [0.25, 0.3) is 0 Å². The molecule has 640 valence electrons. The number of aromatic nitrogens is 14. The third-order valence-electron chi connectivity index (χ3n) is 15.7. The van der Waals surface area contributed by atoms with Gasteiger partial charge in [-0.25, -0.2) is 29.9 Å². The van der Waals surface area contributed by atoms with Gasteiger partial charge in [0.05, 0.1) is 43.3 Å². The fraction of sp³-hybridized carbons (Fsp3) is 0.423. The van der Waals surface area contributed by atoms with Crippen molar-refractivity contribution in [2.45, 2.75) is 103 Å². The number of hydrogen-bond donors (Lipinski definition) is 4. The number of aldehydes is 1. The minimum absolute atomic E-state index is 0. The average molecular weight is 1960 g/mol. The number of nitrogens with two attached hydrogens (primary N) is 2. The third kappa shape index (κ3) is 31.6. The van der Waals surface area contributed by atoms with E-state index in [0.29, 0.717) is 25.9 Å². The van der Waals surface area contributed by atoms with Crippen LogP contribution in [0, 0.1) is 0 Å². The molecule has 8 N–H and O–H groups in total. The summed E-state index contributed by atoms with van der Waals surface area (Å²) >= 11 is 19.0. The zero-order valence-corrected chi connectivity index (χ0v) is 80.1. The molecule has 1 fully saturated rings. The van der Waals surface area contributed by atoms with Crippen molar-refractivity contribution in [2.75, 3.05) is 84.8 Å². The number of aromatic amines is 2. The Morgan fingerprint density at radius 1 is 0.585 bits per heavy atom. The maximum atomic E-state index is 11.5. The molecule has 2 aliphatic heterocycles. The fourth-order valence-electron chi connectivity index (χ4n) is 9.63.